The molecule has 0 saturated heterocycles. The van der Waals surface area contributed by atoms with Crippen LogP contribution in [0.3, 0.4) is 0 Å². The molecule has 3 unspecified atom stereocenters. The molecule has 0 bridgehead atoms. The highest BCUT2D eigenvalue weighted by atomic mass is 19.4. The van der Waals surface area contributed by atoms with Crippen LogP contribution in [-0.4, -0.2) is 59.2 Å². The maximum absolute atomic E-state index is 12.2. The fraction of sp³-hybridized carbons (Fsp3) is 0.389. The number of nitrogens with two attached hydrogens (primary N) is 1. The van der Waals surface area contributed by atoms with E-state index in [2.05, 4.69) is 20.7 Å². The van der Waals surface area contributed by atoms with Gasteiger partial charge in [0.25, 0.3) is 0 Å². The third-order valence-electron chi connectivity index (χ3n) is 4.16. The zero-order chi connectivity index (χ0) is 23.2. The molecule has 10 nitrogen and oxygen atoms in total. The van der Waals surface area contributed by atoms with E-state index in [0.29, 0.717) is 0 Å². The van der Waals surface area contributed by atoms with Gasteiger partial charge in [0.05, 0.1) is 12.1 Å². The van der Waals surface area contributed by atoms with Gasteiger partial charge in [-0.1, -0.05) is 6.08 Å². The fourth-order valence-electron chi connectivity index (χ4n) is 2.74. The zero-order valence-electron chi connectivity index (χ0n) is 16.0. The highest BCUT2D eigenvalue weighted by Gasteiger charge is 2.34. The number of aliphatic hydroxyl groups excluding tert-OH is 2. The minimum atomic E-state index is -4.85. The lowest BCUT2D eigenvalue weighted by Gasteiger charge is -2.31. The van der Waals surface area contributed by atoms with Gasteiger partial charge >= 0.3 is 12.4 Å². The summed E-state index contributed by atoms with van der Waals surface area (Å²) in [6, 6.07) is 2.36. The second-order valence-corrected chi connectivity index (χ2v) is 6.62. The number of nitrogens with one attached hydrogen (secondary N) is 3. The number of urea groups is 1. The molecule has 0 heterocycles. The standard InChI is InChI=1S/C18H21F3N4O6/c19-18(20,21)31-11-3-1-10(2-4-11)24-17(30)25-12-7-9(8-13(26)15(12)28)16(29)23-6-5-14(22)27/h1-4,7,12-13,15,26,28H,5-6,8H2,(H2,22,27)(H,23,29)(H2,24,25,30). The van der Waals surface area contributed by atoms with E-state index in [0.717, 1.165) is 12.1 Å². The van der Waals surface area contributed by atoms with Crippen LogP contribution in [0.4, 0.5) is 23.7 Å². The van der Waals surface area contributed by atoms with Crippen LogP contribution >= 0.6 is 0 Å². The summed E-state index contributed by atoms with van der Waals surface area (Å²) in [6.07, 6.45) is -6.59. The van der Waals surface area contributed by atoms with Crippen molar-refractivity contribution >= 4 is 23.5 Å². The summed E-state index contributed by atoms with van der Waals surface area (Å²) in [5, 5.41) is 27.2. The zero-order valence-corrected chi connectivity index (χ0v) is 16.0. The molecule has 13 heteroatoms. The number of benzene rings is 1. The molecule has 0 saturated carbocycles. The molecule has 170 valence electrons. The van der Waals surface area contributed by atoms with Gasteiger partial charge in [-0.15, -0.1) is 13.2 Å². The number of ether oxygens (including phenoxy) is 1. The highest BCUT2D eigenvalue weighted by molar-refractivity contribution is 5.94. The van der Waals surface area contributed by atoms with E-state index in [1.807, 2.05) is 0 Å². The second-order valence-electron chi connectivity index (χ2n) is 6.62. The average Bonchev–Trinajstić information content (AvgIpc) is 2.65. The van der Waals surface area contributed by atoms with Crippen LogP contribution < -0.4 is 26.4 Å². The first-order chi connectivity index (χ1) is 14.4. The number of hydrogen-bond donors (Lipinski definition) is 6. The minimum absolute atomic E-state index is 0.0171. The molecule has 4 amide bonds. The number of primary amides is 1. The number of rotatable bonds is 7. The molecule has 1 aliphatic rings. The highest BCUT2D eigenvalue weighted by Crippen LogP contribution is 2.24. The average molecular weight is 446 g/mol. The van der Waals surface area contributed by atoms with E-state index in [9.17, 15) is 37.8 Å². The number of amides is 4. The van der Waals surface area contributed by atoms with Gasteiger partial charge in [0.15, 0.2) is 0 Å². The van der Waals surface area contributed by atoms with Crippen LogP contribution in [0.15, 0.2) is 35.9 Å². The Balaban J connectivity index is 1.98. The number of carbonyl (C=O) groups excluding carboxylic acids is 3. The van der Waals surface area contributed by atoms with Gasteiger partial charge in [-0.3, -0.25) is 9.59 Å². The maximum Gasteiger partial charge on any atom is 0.573 e. The van der Waals surface area contributed by atoms with Crippen LogP contribution in [0.1, 0.15) is 12.8 Å². The number of halogens is 3. The quantitative estimate of drug-likeness (QED) is 0.348. The lowest BCUT2D eigenvalue weighted by atomic mass is 9.90. The van der Waals surface area contributed by atoms with Crippen molar-refractivity contribution in [1.29, 1.82) is 0 Å². The van der Waals surface area contributed by atoms with Gasteiger partial charge in [-0.05, 0) is 24.3 Å². The lowest BCUT2D eigenvalue weighted by Crippen LogP contribution is -2.52. The lowest BCUT2D eigenvalue weighted by molar-refractivity contribution is -0.274. The monoisotopic (exact) mass is 446 g/mol. The van der Waals surface area contributed by atoms with Crippen molar-refractivity contribution < 1.29 is 42.5 Å². The Bertz CT molecular complexity index is 844. The van der Waals surface area contributed by atoms with Crippen molar-refractivity contribution in [3.8, 4) is 5.75 Å². The predicted molar refractivity (Wildman–Crippen MR) is 101 cm³/mol. The second kappa shape index (κ2) is 10.1. The third-order valence-corrected chi connectivity index (χ3v) is 4.16. The van der Waals surface area contributed by atoms with E-state index >= 15 is 0 Å². The van der Waals surface area contributed by atoms with E-state index < -0.39 is 48.2 Å². The van der Waals surface area contributed by atoms with Crippen molar-refractivity contribution in [1.82, 2.24) is 10.6 Å². The first kappa shape index (κ1) is 24.0. The maximum atomic E-state index is 12.2. The molecule has 0 aliphatic heterocycles. The van der Waals surface area contributed by atoms with Crippen LogP contribution in [0.5, 0.6) is 5.75 Å². The molecule has 7 N–H and O–H groups in total. The number of aliphatic hydroxyl groups is 2. The van der Waals surface area contributed by atoms with Gasteiger partial charge in [0.1, 0.15) is 11.9 Å². The third kappa shape index (κ3) is 7.79. The molecular weight excluding hydrogens is 425 g/mol. The van der Waals surface area contributed by atoms with Crippen molar-refractivity contribution in [2.24, 2.45) is 5.73 Å². The Morgan fingerprint density at radius 2 is 1.81 bits per heavy atom. The van der Waals surface area contributed by atoms with Crippen molar-refractivity contribution in [3.63, 3.8) is 0 Å². The Morgan fingerprint density at radius 3 is 2.39 bits per heavy atom. The van der Waals surface area contributed by atoms with Crippen molar-refractivity contribution in [2.75, 3.05) is 11.9 Å². The summed E-state index contributed by atoms with van der Waals surface area (Å²) >= 11 is 0. The summed E-state index contributed by atoms with van der Waals surface area (Å²) in [4.78, 5) is 35.0. The molecule has 0 spiro atoms. The molecule has 3 atom stereocenters. The number of carbonyl (C=O) groups is 3. The van der Waals surface area contributed by atoms with Crippen LogP contribution in [0.25, 0.3) is 0 Å². The van der Waals surface area contributed by atoms with E-state index in [1.165, 1.54) is 18.2 Å². The molecule has 1 aliphatic carbocycles. The summed E-state index contributed by atoms with van der Waals surface area (Å²) in [5.74, 6) is -1.68. The number of hydrogen-bond acceptors (Lipinski definition) is 6. The first-order valence-electron chi connectivity index (χ1n) is 9.01. The van der Waals surface area contributed by atoms with Gasteiger partial charge < -0.3 is 36.6 Å². The van der Waals surface area contributed by atoms with Crippen molar-refractivity contribution in [2.45, 2.75) is 37.5 Å². The molecule has 2 rings (SSSR count). The van der Waals surface area contributed by atoms with Crippen LogP contribution in [0, 0.1) is 0 Å². The molecule has 0 radical (unpaired) electrons. The largest absolute Gasteiger partial charge is 0.573 e. The smallest absolute Gasteiger partial charge is 0.406 e. The Morgan fingerprint density at radius 1 is 1.16 bits per heavy atom. The molecule has 1 aromatic rings. The van der Waals surface area contributed by atoms with E-state index in [1.54, 1.807) is 0 Å². The molecule has 0 fully saturated rings. The van der Waals surface area contributed by atoms with Gasteiger partial charge in [0.2, 0.25) is 11.8 Å². The molecule has 31 heavy (non-hydrogen) atoms. The number of alkyl halides is 3. The predicted octanol–water partition coefficient (Wildman–Crippen LogP) is 0.119. The molecular formula is C18H21F3N4O6. The molecule has 0 aromatic heterocycles. The van der Waals surface area contributed by atoms with Crippen LogP contribution in [0.2, 0.25) is 0 Å². The Hall–Kier alpha value is -3.32. The topological polar surface area (TPSA) is 163 Å². The van der Waals surface area contributed by atoms with Crippen LogP contribution in [-0.2, 0) is 9.59 Å². The Kier molecular flexibility index (Phi) is 7.83. The minimum Gasteiger partial charge on any atom is -0.406 e. The SMILES string of the molecule is NC(=O)CCNC(=O)C1=CC(NC(=O)Nc2ccc(OC(F)(F)F)cc2)C(O)C(O)C1. The summed E-state index contributed by atoms with van der Waals surface area (Å²) in [6.45, 7) is -0.0171. The van der Waals surface area contributed by atoms with Gasteiger partial charge in [0, 0.05) is 30.6 Å². The normalized spacial score (nSPS) is 20.9. The van der Waals surface area contributed by atoms with E-state index in [-0.39, 0.29) is 30.6 Å². The van der Waals surface area contributed by atoms with Gasteiger partial charge in [-0.25, -0.2) is 4.79 Å². The number of anilines is 1. The summed E-state index contributed by atoms with van der Waals surface area (Å²) in [5.41, 5.74) is 5.20. The summed E-state index contributed by atoms with van der Waals surface area (Å²) < 4.78 is 40.2. The Labute approximate surface area is 174 Å². The molecule has 1 aromatic carbocycles. The summed E-state index contributed by atoms with van der Waals surface area (Å²) in [7, 11) is 0. The fourth-order valence-corrected chi connectivity index (χ4v) is 2.74. The first-order valence-corrected chi connectivity index (χ1v) is 9.01. The van der Waals surface area contributed by atoms with Gasteiger partial charge in [-0.2, -0.15) is 0 Å². The van der Waals surface area contributed by atoms with E-state index in [4.69, 9.17) is 5.73 Å². The van der Waals surface area contributed by atoms with Crippen molar-refractivity contribution in [3.05, 3.63) is 35.9 Å².